The Kier molecular flexibility index (Phi) is 4.10. The molecule has 0 fully saturated rings. The fraction of sp³-hybridized carbons (Fsp3) is 0.0909. The average Bonchev–Trinajstić information content (AvgIpc) is 2.86. The van der Waals surface area contributed by atoms with E-state index in [1.165, 1.54) is 60.1 Å². The van der Waals surface area contributed by atoms with Gasteiger partial charge in [-0.05, 0) is 63.9 Å². The molecule has 0 aromatic heterocycles. The van der Waals surface area contributed by atoms with Crippen molar-refractivity contribution < 1.29 is 4.74 Å². The first-order chi connectivity index (χ1) is 16.7. The molecule has 0 aliphatic carbocycles. The number of ether oxygens (including phenoxy) is 1. The first kappa shape index (κ1) is 19.4. The van der Waals surface area contributed by atoms with Gasteiger partial charge in [0.2, 0.25) is 0 Å². The summed E-state index contributed by atoms with van der Waals surface area (Å²) < 4.78 is 6.61. The Morgan fingerprint density at radius 3 is 1.65 bits per heavy atom. The zero-order valence-electron chi connectivity index (χ0n) is 19.3. The number of fused-ring (bicyclic) bond motifs is 7. The summed E-state index contributed by atoms with van der Waals surface area (Å²) in [7, 11) is 0. The summed E-state index contributed by atoms with van der Waals surface area (Å²) in [6, 6.07) is 37.6. The van der Waals surface area contributed by atoms with Crippen LogP contribution in [0.5, 0.6) is 11.5 Å². The number of benzene rings is 6. The van der Waals surface area contributed by atoms with Crippen molar-refractivity contribution in [3.8, 4) is 11.5 Å². The highest BCUT2D eigenvalue weighted by molar-refractivity contribution is 5.96. The summed E-state index contributed by atoms with van der Waals surface area (Å²) >= 11 is 0. The minimum atomic E-state index is 0.0827. The molecule has 0 bridgehead atoms. The van der Waals surface area contributed by atoms with Crippen molar-refractivity contribution in [2.24, 2.45) is 0 Å². The van der Waals surface area contributed by atoms with Gasteiger partial charge in [-0.15, -0.1) is 0 Å². The van der Waals surface area contributed by atoms with Crippen LogP contribution in [0.3, 0.4) is 0 Å². The zero-order chi connectivity index (χ0) is 22.8. The lowest BCUT2D eigenvalue weighted by molar-refractivity contribution is 0.456. The largest absolute Gasteiger partial charge is 0.457 e. The average molecular weight is 437 g/mol. The predicted octanol–water partition coefficient (Wildman–Crippen LogP) is 9.05. The topological polar surface area (TPSA) is 9.23 Å². The number of rotatable bonds is 1. The highest BCUT2D eigenvalue weighted by atomic mass is 16.5. The van der Waals surface area contributed by atoms with Crippen LogP contribution in [0.4, 0.5) is 0 Å². The Morgan fingerprint density at radius 1 is 0.500 bits per heavy atom. The van der Waals surface area contributed by atoms with E-state index in [1.54, 1.807) is 0 Å². The van der Waals surface area contributed by atoms with E-state index in [2.05, 4.69) is 117 Å². The van der Waals surface area contributed by atoms with Gasteiger partial charge in [-0.3, -0.25) is 0 Å². The second-order valence-electron chi connectivity index (χ2n) is 9.55. The van der Waals surface area contributed by atoms with E-state index >= 15 is 0 Å². The van der Waals surface area contributed by atoms with Crippen LogP contribution in [0.15, 0.2) is 103 Å². The highest BCUT2D eigenvalue weighted by Gasteiger charge is 2.32. The minimum Gasteiger partial charge on any atom is -0.457 e. The Labute approximate surface area is 199 Å². The van der Waals surface area contributed by atoms with Gasteiger partial charge < -0.3 is 4.74 Å². The third kappa shape index (κ3) is 2.87. The molecule has 6 aromatic rings. The van der Waals surface area contributed by atoms with Crippen LogP contribution in [-0.4, -0.2) is 0 Å². The maximum absolute atomic E-state index is 6.61. The zero-order valence-corrected chi connectivity index (χ0v) is 19.3. The lowest BCUT2D eigenvalue weighted by atomic mass is 9.78. The van der Waals surface area contributed by atoms with Crippen molar-refractivity contribution in [3.05, 3.63) is 131 Å². The van der Waals surface area contributed by atoms with Crippen molar-refractivity contribution >= 4 is 32.3 Å². The summed E-state index contributed by atoms with van der Waals surface area (Å²) in [5.74, 6) is 1.99. The molecule has 0 spiro atoms. The quantitative estimate of drug-likeness (QED) is 0.249. The van der Waals surface area contributed by atoms with Crippen molar-refractivity contribution in [1.82, 2.24) is 0 Å². The van der Waals surface area contributed by atoms with Gasteiger partial charge in [-0.1, -0.05) is 102 Å². The molecule has 0 unspecified atom stereocenters. The molecule has 1 heterocycles. The minimum absolute atomic E-state index is 0.0827. The van der Waals surface area contributed by atoms with Crippen LogP contribution in [-0.2, 0) is 0 Å². The molecule has 0 N–H and O–H groups in total. The molecule has 7 rings (SSSR count). The maximum atomic E-state index is 6.61. The molecule has 1 aliphatic heterocycles. The molecule has 34 heavy (non-hydrogen) atoms. The lowest BCUT2D eigenvalue weighted by Gasteiger charge is -2.31. The molecule has 0 atom stereocenters. The summed E-state index contributed by atoms with van der Waals surface area (Å²) in [5.41, 5.74) is 6.35. The fourth-order valence-corrected chi connectivity index (χ4v) is 5.63. The standard InChI is InChI=1S/C33H24O/c1-20-7-9-23-13-15-29-32(27(23)17-20)31(26-12-11-22-5-3-4-6-25(22)19-26)33-28-18-21(2)8-10-24(28)14-16-30(33)34-29/h3-19,31H,1-2H3. The van der Waals surface area contributed by atoms with E-state index in [-0.39, 0.29) is 5.92 Å². The summed E-state index contributed by atoms with van der Waals surface area (Å²) in [4.78, 5) is 0. The second-order valence-corrected chi connectivity index (χ2v) is 9.55. The Morgan fingerprint density at radius 2 is 1.03 bits per heavy atom. The summed E-state index contributed by atoms with van der Waals surface area (Å²) in [5, 5.41) is 7.57. The van der Waals surface area contributed by atoms with Crippen LogP contribution in [0, 0.1) is 13.8 Å². The van der Waals surface area contributed by atoms with Gasteiger partial charge in [-0.25, -0.2) is 0 Å². The van der Waals surface area contributed by atoms with Crippen LogP contribution < -0.4 is 4.74 Å². The van der Waals surface area contributed by atoms with Gasteiger partial charge in [0.15, 0.2) is 0 Å². The van der Waals surface area contributed by atoms with Crippen molar-refractivity contribution in [2.45, 2.75) is 19.8 Å². The van der Waals surface area contributed by atoms with Gasteiger partial charge in [0, 0.05) is 17.0 Å². The summed E-state index contributed by atoms with van der Waals surface area (Å²) in [6.07, 6.45) is 0. The third-order valence-electron chi connectivity index (χ3n) is 7.26. The van der Waals surface area contributed by atoms with Gasteiger partial charge in [0.25, 0.3) is 0 Å². The van der Waals surface area contributed by atoms with Crippen molar-refractivity contribution in [1.29, 1.82) is 0 Å². The van der Waals surface area contributed by atoms with Gasteiger partial charge in [-0.2, -0.15) is 0 Å². The molecule has 1 nitrogen and oxygen atoms in total. The smallest absolute Gasteiger partial charge is 0.132 e. The molecular weight excluding hydrogens is 412 g/mol. The molecule has 0 saturated heterocycles. The van der Waals surface area contributed by atoms with Gasteiger partial charge in [0.1, 0.15) is 11.5 Å². The van der Waals surface area contributed by atoms with E-state index in [9.17, 15) is 0 Å². The molecule has 162 valence electrons. The van der Waals surface area contributed by atoms with Crippen molar-refractivity contribution in [2.75, 3.05) is 0 Å². The Balaban J connectivity index is 1.62. The first-order valence-electron chi connectivity index (χ1n) is 11.9. The second kappa shape index (κ2) is 7.20. The third-order valence-corrected chi connectivity index (χ3v) is 7.26. The number of hydrogen-bond acceptors (Lipinski definition) is 1. The Bertz CT molecular complexity index is 1670. The van der Waals surface area contributed by atoms with Gasteiger partial charge >= 0.3 is 0 Å². The van der Waals surface area contributed by atoms with Crippen LogP contribution >= 0.6 is 0 Å². The Hall–Kier alpha value is -4.10. The van der Waals surface area contributed by atoms with Crippen molar-refractivity contribution in [3.63, 3.8) is 0 Å². The van der Waals surface area contributed by atoms with Crippen LogP contribution in [0.25, 0.3) is 32.3 Å². The summed E-state index contributed by atoms with van der Waals surface area (Å²) in [6.45, 7) is 4.33. The molecule has 0 amide bonds. The monoisotopic (exact) mass is 436 g/mol. The van der Waals surface area contributed by atoms with E-state index < -0.39 is 0 Å². The van der Waals surface area contributed by atoms with Gasteiger partial charge in [0.05, 0.1) is 0 Å². The number of aryl methyl sites for hydroxylation is 2. The molecule has 0 radical (unpaired) electrons. The molecule has 6 aromatic carbocycles. The van der Waals surface area contributed by atoms with E-state index in [0.29, 0.717) is 0 Å². The number of hydrogen-bond donors (Lipinski definition) is 0. The van der Waals surface area contributed by atoms with E-state index in [1.807, 2.05) is 0 Å². The predicted molar refractivity (Wildman–Crippen MR) is 142 cm³/mol. The van der Waals surface area contributed by atoms with Crippen LogP contribution in [0.2, 0.25) is 0 Å². The van der Waals surface area contributed by atoms with E-state index in [4.69, 9.17) is 4.74 Å². The fourth-order valence-electron chi connectivity index (χ4n) is 5.63. The normalized spacial score (nSPS) is 13.1. The molecule has 0 saturated carbocycles. The lowest BCUT2D eigenvalue weighted by Crippen LogP contribution is -2.13. The van der Waals surface area contributed by atoms with Crippen LogP contribution in [0.1, 0.15) is 33.7 Å². The SMILES string of the molecule is Cc1ccc2ccc3c(c2c1)C(c1ccc2ccccc2c1)c1c(ccc2ccc(C)cc12)O3. The molecular formula is C33H24O. The highest BCUT2D eigenvalue weighted by Crippen LogP contribution is 2.52. The molecule has 1 heteroatoms. The molecule has 1 aliphatic rings. The first-order valence-corrected chi connectivity index (χ1v) is 11.9. The maximum Gasteiger partial charge on any atom is 0.132 e. The van der Waals surface area contributed by atoms with E-state index in [0.717, 1.165) is 11.5 Å².